The second-order valence-electron chi connectivity index (χ2n) is 5.40. The Balaban J connectivity index is 1.43. The van der Waals surface area contributed by atoms with Crippen molar-refractivity contribution in [3.05, 3.63) is 0 Å². The third-order valence-corrected chi connectivity index (χ3v) is 16.1. The maximum atomic E-state index is 3.03. The summed E-state index contributed by atoms with van der Waals surface area (Å²) in [6.45, 7) is 0. The molecule has 0 atom stereocenters. The monoisotopic (exact) mass is 436 g/mol. The van der Waals surface area contributed by atoms with Crippen LogP contribution in [0.1, 0.15) is 64.2 Å². The Morgan fingerprint density at radius 3 is 1.31 bits per heavy atom. The molecule has 3 aliphatic rings. The van der Waals surface area contributed by atoms with E-state index in [0.29, 0.717) is 0 Å². The Bertz CT molecular complexity index is 197. The summed E-state index contributed by atoms with van der Waals surface area (Å²) in [6, 6.07) is 2.14. The van der Waals surface area contributed by atoms with Gasteiger partial charge in [0.2, 0.25) is 0 Å². The van der Waals surface area contributed by atoms with E-state index in [1.165, 1.54) is 38.5 Å². The first-order valence-electron chi connectivity index (χ1n) is 6.95. The van der Waals surface area contributed by atoms with Crippen LogP contribution in [0.2, 0.25) is 0 Å². The Morgan fingerprint density at radius 2 is 0.938 bits per heavy atom. The number of rotatable bonds is 2. The standard InChI is InChI=1S/2C6H11N.2Sb/c2*7-6-4-2-1-3-5-6;;/h2*6H,1-5H2;;. The summed E-state index contributed by atoms with van der Waals surface area (Å²) < 4.78 is 6.06. The number of hydrogen-bond acceptors (Lipinski definition) is 2. The molecular formula is C12H22N2Sb2. The van der Waals surface area contributed by atoms with E-state index >= 15 is 0 Å². The number of hydrogen-bond donors (Lipinski definition) is 0. The second-order valence-corrected chi connectivity index (χ2v) is 16.9. The van der Waals surface area contributed by atoms with Gasteiger partial charge in [-0.3, -0.25) is 0 Å². The van der Waals surface area contributed by atoms with E-state index in [1.807, 2.05) is 0 Å². The molecule has 1 aliphatic heterocycles. The van der Waals surface area contributed by atoms with Gasteiger partial charge in [-0.05, 0) is 0 Å². The van der Waals surface area contributed by atoms with Crippen molar-refractivity contribution < 1.29 is 0 Å². The molecule has 90 valence electrons. The predicted molar refractivity (Wildman–Crippen MR) is 68.9 cm³/mol. The van der Waals surface area contributed by atoms with E-state index in [-0.39, 0.29) is 44.3 Å². The Hall–Kier alpha value is 1.56. The van der Waals surface area contributed by atoms with Gasteiger partial charge in [0.05, 0.1) is 0 Å². The zero-order chi connectivity index (χ0) is 10.8. The first kappa shape index (κ1) is 12.6. The van der Waals surface area contributed by atoms with Crippen molar-refractivity contribution in [3.63, 3.8) is 0 Å². The van der Waals surface area contributed by atoms with Crippen molar-refractivity contribution in [2.45, 2.75) is 76.3 Å². The van der Waals surface area contributed by atoms with E-state index < -0.39 is 0 Å². The molecule has 2 saturated carbocycles. The fourth-order valence-electron chi connectivity index (χ4n) is 3.11. The predicted octanol–water partition coefficient (Wildman–Crippen LogP) is 2.34. The molecule has 4 heteroatoms. The van der Waals surface area contributed by atoms with Crippen LogP contribution in [0.4, 0.5) is 0 Å². The van der Waals surface area contributed by atoms with Gasteiger partial charge in [-0.1, -0.05) is 0 Å². The van der Waals surface area contributed by atoms with Gasteiger partial charge in [-0.25, -0.2) is 0 Å². The molecule has 0 spiro atoms. The first-order valence-corrected chi connectivity index (χ1v) is 11.5. The average Bonchev–Trinajstić information content (AvgIpc) is 2.30. The quantitative estimate of drug-likeness (QED) is 0.612. The summed E-state index contributed by atoms with van der Waals surface area (Å²) in [6.07, 6.45) is 15.3. The third kappa shape index (κ3) is 2.93. The summed E-state index contributed by atoms with van der Waals surface area (Å²) in [4.78, 5) is 0. The zero-order valence-corrected chi connectivity index (χ0v) is 15.1. The summed E-state index contributed by atoms with van der Waals surface area (Å²) in [5.41, 5.74) is 0. The van der Waals surface area contributed by atoms with Crippen molar-refractivity contribution in [2.24, 2.45) is 0 Å². The van der Waals surface area contributed by atoms with Crippen LogP contribution >= 0.6 is 0 Å². The zero-order valence-electron chi connectivity index (χ0n) is 10.0. The summed E-state index contributed by atoms with van der Waals surface area (Å²) >= 11 is -0.0513. The summed E-state index contributed by atoms with van der Waals surface area (Å²) in [7, 11) is 0. The van der Waals surface area contributed by atoms with Crippen LogP contribution in [0.15, 0.2) is 0 Å². The van der Waals surface area contributed by atoms with Crippen LogP contribution in [0.3, 0.4) is 0 Å². The molecule has 3 rings (SSSR count). The van der Waals surface area contributed by atoms with Crippen molar-refractivity contribution in [1.29, 1.82) is 0 Å². The molecule has 1 saturated heterocycles. The molecule has 2 nitrogen and oxygen atoms in total. The molecule has 16 heavy (non-hydrogen) atoms. The van der Waals surface area contributed by atoms with Gasteiger partial charge in [-0.15, -0.1) is 0 Å². The van der Waals surface area contributed by atoms with Gasteiger partial charge in [0.1, 0.15) is 0 Å². The van der Waals surface area contributed by atoms with E-state index in [1.54, 1.807) is 25.7 Å². The minimum atomic E-state index is -0.0256. The molecule has 0 aromatic rings. The van der Waals surface area contributed by atoms with Gasteiger partial charge in [-0.2, -0.15) is 0 Å². The van der Waals surface area contributed by atoms with Gasteiger partial charge >= 0.3 is 123 Å². The van der Waals surface area contributed by atoms with E-state index in [4.69, 9.17) is 0 Å². The van der Waals surface area contributed by atoms with Crippen LogP contribution in [0, 0.1) is 0 Å². The van der Waals surface area contributed by atoms with Crippen molar-refractivity contribution in [3.8, 4) is 0 Å². The topological polar surface area (TPSA) is 6.48 Å². The molecule has 0 unspecified atom stereocenters. The first-order chi connectivity index (χ1) is 7.93. The third-order valence-electron chi connectivity index (χ3n) is 4.17. The molecule has 0 bridgehead atoms. The van der Waals surface area contributed by atoms with Gasteiger partial charge in [0.15, 0.2) is 0 Å². The van der Waals surface area contributed by atoms with Crippen LogP contribution in [0.5, 0.6) is 0 Å². The summed E-state index contributed by atoms with van der Waals surface area (Å²) in [5, 5.41) is 0. The summed E-state index contributed by atoms with van der Waals surface area (Å²) in [5.74, 6) is 0. The normalized spacial score (nSPS) is 31.5. The van der Waals surface area contributed by atoms with Gasteiger partial charge in [0.25, 0.3) is 0 Å². The Morgan fingerprint density at radius 1 is 0.562 bits per heavy atom. The van der Waals surface area contributed by atoms with Crippen molar-refractivity contribution in [2.75, 3.05) is 0 Å². The minimum absolute atomic E-state index is 0.0256. The van der Waals surface area contributed by atoms with Crippen molar-refractivity contribution >= 4 is 44.3 Å². The maximum absolute atomic E-state index is 3.03. The molecule has 3 fully saturated rings. The molecular weight excluding hydrogens is 416 g/mol. The second kappa shape index (κ2) is 6.13. The van der Waals surface area contributed by atoms with E-state index in [9.17, 15) is 0 Å². The molecule has 0 N–H and O–H groups in total. The molecule has 0 aromatic carbocycles. The van der Waals surface area contributed by atoms with Crippen LogP contribution in [-0.2, 0) is 0 Å². The Labute approximate surface area is 122 Å². The van der Waals surface area contributed by atoms with Crippen LogP contribution in [0.25, 0.3) is 0 Å². The fraction of sp³-hybridized carbons (Fsp3) is 1.00. The molecule has 2 aliphatic carbocycles. The van der Waals surface area contributed by atoms with Crippen LogP contribution < -0.4 is 0 Å². The fourth-order valence-corrected chi connectivity index (χ4v) is 13.6. The van der Waals surface area contributed by atoms with E-state index in [2.05, 4.69) is 2.44 Å². The van der Waals surface area contributed by atoms with Crippen LogP contribution in [-0.4, -0.2) is 58.9 Å². The SMILES string of the molecule is C1CCC([N]2[Sb][N](C3CCCCC3)[Sb]2)CC1. The van der Waals surface area contributed by atoms with E-state index in [0.717, 1.165) is 12.1 Å². The van der Waals surface area contributed by atoms with Gasteiger partial charge in [0, 0.05) is 0 Å². The van der Waals surface area contributed by atoms with Gasteiger partial charge < -0.3 is 0 Å². The molecule has 2 radical (unpaired) electrons. The molecule has 1 heterocycles. The average molecular weight is 438 g/mol. The van der Waals surface area contributed by atoms with Crippen molar-refractivity contribution in [1.82, 2.24) is 2.44 Å². The number of nitrogens with zero attached hydrogens (tertiary/aromatic N) is 2. The molecule has 0 aromatic heterocycles. The molecule has 0 amide bonds. The Kier molecular flexibility index (Phi) is 4.82.